The number of ether oxygens (including phenoxy) is 2. The Kier molecular flexibility index (Phi) is 6.03. The predicted molar refractivity (Wildman–Crippen MR) is 140 cm³/mol. The van der Waals surface area contributed by atoms with Crippen LogP contribution in [0.25, 0.3) is 10.6 Å². The number of likely N-dealkylation sites (N-methyl/N-ethyl adjacent to an activating group) is 1. The zero-order valence-electron chi connectivity index (χ0n) is 21.0. The summed E-state index contributed by atoms with van der Waals surface area (Å²) in [5.41, 5.74) is 2.35. The minimum atomic E-state index is 0.169. The third-order valence-electron chi connectivity index (χ3n) is 8.28. The highest BCUT2D eigenvalue weighted by Crippen LogP contribution is 2.43. The lowest BCUT2D eigenvalue weighted by Gasteiger charge is -2.45. The van der Waals surface area contributed by atoms with Crippen LogP contribution in [0.15, 0.2) is 30.9 Å². The number of aromatic nitrogens is 5. The second-order valence-electron chi connectivity index (χ2n) is 10.9. The third-order valence-corrected chi connectivity index (χ3v) is 9.22. The van der Waals surface area contributed by atoms with Crippen LogP contribution in [0.4, 0.5) is 11.1 Å². The van der Waals surface area contributed by atoms with E-state index in [9.17, 15) is 0 Å². The van der Waals surface area contributed by atoms with Gasteiger partial charge in [-0.25, -0.2) is 19.9 Å². The second kappa shape index (κ2) is 9.54. The molecule has 7 rings (SSSR count). The lowest BCUT2D eigenvalue weighted by Crippen LogP contribution is -2.46. The van der Waals surface area contributed by atoms with Crippen LogP contribution in [-0.4, -0.2) is 86.3 Å². The molecule has 0 amide bonds. The molecule has 2 aliphatic heterocycles. The van der Waals surface area contributed by atoms with Gasteiger partial charge in [0.2, 0.25) is 5.95 Å². The first-order valence-corrected chi connectivity index (χ1v) is 14.0. The summed E-state index contributed by atoms with van der Waals surface area (Å²) < 4.78 is 11.6. The molecule has 3 aromatic heterocycles. The molecule has 5 heterocycles. The van der Waals surface area contributed by atoms with Crippen molar-refractivity contribution in [1.82, 2.24) is 34.7 Å². The van der Waals surface area contributed by atoms with Crippen molar-refractivity contribution in [3.63, 3.8) is 0 Å². The van der Waals surface area contributed by atoms with Gasteiger partial charge in [-0.2, -0.15) is 4.98 Å². The van der Waals surface area contributed by atoms with E-state index in [0.717, 1.165) is 85.8 Å². The fourth-order valence-corrected chi connectivity index (χ4v) is 6.60. The van der Waals surface area contributed by atoms with Gasteiger partial charge in [0.25, 0.3) is 0 Å². The van der Waals surface area contributed by atoms with Gasteiger partial charge in [-0.3, -0.25) is 4.90 Å². The Morgan fingerprint density at radius 2 is 1.92 bits per heavy atom. The fraction of sp³-hybridized carbons (Fsp3) is 0.577. The summed E-state index contributed by atoms with van der Waals surface area (Å²) in [4.78, 5) is 28.5. The van der Waals surface area contributed by atoms with Crippen LogP contribution in [0.1, 0.15) is 37.7 Å². The molecule has 1 spiro atoms. The number of fused-ring (bicyclic) bond motifs is 1. The summed E-state index contributed by atoms with van der Waals surface area (Å²) in [7, 11) is 2.23. The molecule has 194 valence electrons. The van der Waals surface area contributed by atoms with Crippen LogP contribution in [0.2, 0.25) is 0 Å². The number of hydrogen-bond acceptors (Lipinski definition) is 11. The highest BCUT2D eigenvalue weighted by atomic mass is 32.1. The van der Waals surface area contributed by atoms with Crippen LogP contribution < -0.4 is 10.1 Å². The Morgan fingerprint density at radius 1 is 1.08 bits per heavy atom. The Morgan fingerprint density at radius 3 is 2.70 bits per heavy atom. The molecule has 4 aliphatic rings. The summed E-state index contributed by atoms with van der Waals surface area (Å²) in [6.07, 6.45) is 13.2. The maximum absolute atomic E-state index is 6.14. The van der Waals surface area contributed by atoms with Crippen LogP contribution >= 0.6 is 11.3 Å². The maximum Gasteiger partial charge on any atom is 0.317 e. The smallest absolute Gasteiger partial charge is 0.317 e. The molecule has 2 atom stereocenters. The van der Waals surface area contributed by atoms with Crippen LogP contribution in [0, 0.1) is 5.41 Å². The number of anilines is 2. The summed E-state index contributed by atoms with van der Waals surface area (Å²) in [5, 5.41) is 3.95. The molecular formula is C26H32N8O2S. The summed E-state index contributed by atoms with van der Waals surface area (Å²) in [5.74, 6) is 0.547. The number of hydrogen-bond donors (Lipinski definition) is 1. The number of nitrogens with one attached hydrogen (secondary N) is 1. The van der Waals surface area contributed by atoms with Gasteiger partial charge in [0, 0.05) is 67.5 Å². The van der Waals surface area contributed by atoms with Gasteiger partial charge in [-0.15, -0.1) is 0 Å². The minimum absolute atomic E-state index is 0.169. The molecule has 4 fully saturated rings. The zero-order valence-corrected chi connectivity index (χ0v) is 21.9. The topological polar surface area (TPSA) is 101 Å². The summed E-state index contributed by atoms with van der Waals surface area (Å²) in [6.45, 7) is 4.95. The molecule has 3 aromatic rings. The predicted octanol–water partition coefficient (Wildman–Crippen LogP) is 3.36. The average Bonchev–Trinajstić information content (AvgIpc) is 3.59. The molecule has 2 saturated heterocycles. The number of nitrogens with zero attached hydrogens (tertiary/aromatic N) is 7. The molecule has 1 unspecified atom stereocenters. The zero-order chi connectivity index (χ0) is 24.8. The van der Waals surface area contributed by atoms with Gasteiger partial charge in [0.05, 0.1) is 23.8 Å². The first-order valence-electron chi connectivity index (χ1n) is 13.2. The number of piperazine rings is 1. The van der Waals surface area contributed by atoms with Gasteiger partial charge in [-0.05, 0) is 45.2 Å². The number of thiazole rings is 1. The molecule has 1 N–H and O–H groups in total. The van der Waals surface area contributed by atoms with Crippen molar-refractivity contribution in [3.05, 3.63) is 36.4 Å². The van der Waals surface area contributed by atoms with Crippen molar-refractivity contribution < 1.29 is 9.47 Å². The molecule has 2 aliphatic carbocycles. The lowest BCUT2D eigenvalue weighted by molar-refractivity contribution is -0.140. The van der Waals surface area contributed by atoms with E-state index in [2.05, 4.69) is 47.1 Å². The molecular weight excluding hydrogens is 488 g/mol. The van der Waals surface area contributed by atoms with Crippen LogP contribution in [0.5, 0.6) is 6.01 Å². The van der Waals surface area contributed by atoms with Crippen molar-refractivity contribution in [3.8, 4) is 16.6 Å². The van der Waals surface area contributed by atoms with E-state index in [4.69, 9.17) is 9.47 Å². The Bertz CT molecular complexity index is 1240. The Hall–Kier alpha value is -2.73. The van der Waals surface area contributed by atoms with Crippen molar-refractivity contribution in [1.29, 1.82) is 0 Å². The molecule has 2 saturated carbocycles. The standard InChI is InChI=1S/C26H32N8O2S/c1-33-8-9-34(21-10-20(21)33)14-17-11-28-23(29-12-17)32-25-30-13-22(37-25)19-4-7-27-24(31-19)36-18-2-5-26(6-3-18)15-35-16-26/h4,7,11-13,18,20-21H,2-3,5-6,8-10,14-16H2,1H3,(H,28,29,30,32)/t20?,21-/m1/s1. The highest BCUT2D eigenvalue weighted by molar-refractivity contribution is 7.18. The van der Waals surface area contributed by atoms with E-state index in [1.165, 1.54) is 17.8 Å². The van der Waals surface area contributed by atoms with Crippen LogP contribution in [0.3, 0.4) is 0 Å². The molecule has 0 radical (unpaired) electrons. The van der Waals surface area contributed by atoms with Crippen LogP contribution in [-0.2, 0) is 11.3 Å². The SMILES string of the molecule is CN1CCN(Cc2cnc(Nc3ncc(-c4ccnc(OC5CCC6(CC5)COC6)n4)s3)nc2)[C@@H]2CC21. The highest BCUT2D eigenvalue weighted by Gasteiger charge is 2.47. The lowest BCUT2D eigenvalue weighted by atomic mass is 9.72. The second-order valence-corrected chi connectivity index (χ2v) is 12.0. The Balaban J connectivity index is 0.949. The molecule has 0 aromatic carbocycles. The van der Waals surface area contributed by atoms with Crippen molar-refractivity contribution in [2.75, 3.05) is 38.7 Å². The first-order chi connectivity index (χ1) is 18.1. The summed E-state index contributed by atoms with van der Waals surface area (Å²) >= 11 is 1.51. The van der Waals surface area contributed by atoms with E-state index in [1.54, 1.807) is 6.20 Å². The van der Waals surface area contributed by atoms with Crippen molar-refractivity contribution in [2.24, 2.45) is 5.41 Å². The average molecular weight is 521 g/mol. The van der Waals surface area contributed by atoms with Gasteiger partial charge in [-0.1, -0.05) is 11.3 Å². The molecule has 10 nitrogen and oxygen atoms in total. The quantitative estimate of drug-likeness (QED) is 0.499. The van der Waals surface area contributed by atoms with Crippen molar-refractivity contribution in [2.45, 2.75) is 56.8 Å². The third kappa shape index (κ3) is 4.93. The fourth-order valence-electron chi connectivity index (χ4n) is 5.82. The van der Waals surface area contributed by atoms with Gasteiger partial charge >= 0.3 is 6.01 Å². The summed E-state index contributed by atoms with van der Waals surface area (Å²) in [6, 6.07) is 3.74. The van der Waals surface area contributed by atoms with Gasteiger partial charge in [0.1, 0.15) is 6.10 Å². The van der Waals surface area contributed by atoms with Gasteiger partial charge in [0.15, 0.2) is 5.13 Å². The number of rotatable bonds is 7. The largest absolute Gasteiger partial charge is 0.460 e. The van der Waals surface area contributed by atoms with E-state index in [-0.39, 0.29) is 6.10 Å². The van der Waals surface area contributed by atoms with E-state index in [1.807, 2.05) is 24.7 Å². The van der Waals surface area contributed by atoms with Crippen molar-refractivity contribution >= 4 is 22.4 Å². The monoisotopic (exact) mass is 520 g/mol. The molecule has 11 heteroatoms. The Labute approximate surface area is 220 Å². The molecule has 0 bridgehead atoms. The minimum Gasteiger partial charge on any atom is -0.460 e. The van der Waals surface area contributed by atoms with E-state index >= 15 is 0 Å². The van der Waals surface area contributed by atoms with Gasteiger partial charge < -0.3 is 19.7 Å². The first kappa shape index (κ1) is 23.4. The maximum atomic E-state index is 6.14. The van der Waals surface area contributed by atoms with E-state index < -0.39 is 0 Å². The van der Waals surface area contributed by atoms with E-state index in [0.29, 0.717) is 23.4 Å². The molecule has 37 heavy (non-hydrogen) atoms. The normalized spacial score (nSPS) is 25.4.